The number of aryl methyl sites for hydroxylation is 1. The topological polar surface area (TPSA) is 83.6 Å². The van der Waals surface area contributed by atoms with Crippen molar-refractivity contribution in [3.05, 3.63) is 22.5 Å². The molecule has 0 unspecified atom stereocenters. The van der Waals surface area contributed by atoms with Crippen LogP contribution in [0, 0.1) is 0 Å². The molecule has 0 aliphatic rings. The molecule has 1 aromatic heterocycles. The Kier molecular flexibility index (Phi) is 2.47. The first-order valence-electron chi connectivity index (χ1n) is 4.58. The highest BCUT2D eigenvalue weighted by Gasteiger charge is 2.18. The lowest BCUT2D eigenvalue weighted by Crippen LogP contribution is -1.94. The van der Waals surface area contributed by atoms with E-state index in [1.165, 1.54) is 0 Å². The number of aromatic nitrogens is 1. The first-order chi connectivity index (χ1) is 7.54. The van der Waals surface area contributed by atoms with Gasteiger partial charge in [-0.3, -0.25) is 0 Å². The molecule has 2 rings (SSSR count). The Morgan fingerprint density at radius 1 is 1.62 bits per heavy atom. The van der Waals surface area contributed by atoms with Gasteiger partial charge in [0.1, 0.15) is 0 Å². The van der Waals surface area contributed by atoms with Gasteiger partial charge < -0.3 is 14.6 Å². The molecule has 0 aliphatic carbocycles. The van der Waals surface area contributed by atoms with Crippen molar-refractivity contribution >= 4 is 28.7 Å². The molecule has 0 atom stereocenters. The van der Waals surface area contributed by atoms with E-state index in [2.05, 4.69) is 4.98 Å². The number of benzene rings is 1. The highest BCUT2D eigenvalue weighted by atomic mass is 35.5. The molecule has 84 valence electrons. The van der Waals surface area contributed by atoms with Crippen LogP contribution in [0.25, 0.3) is 11.1 Å². The number of phenols is 1. The van der Waals surface area contributed by atoms with Gasteiger partial charge in [-0.2, -0.15) is 4.98 Å². The van der Waals surface area contributed by atoms with Crippen molar-refractivity contribution in [1.29, 1.82) is 0 Å². The van der Waals surface area contributed by atoms with Gasteiger partial charge in [0, 0.05) is 0 Å². The summed E-state index contributed by atoms with van der Waals surface area (Å²) in [5, 5.41) is 18.6. The first-order valence-corrected chi connectivity index (χ1v) is 4.96. The van der Waals surface area contributed by atoms with Crippen LogP contribution in [0.4, 0.5) is 0 Å². The standard InChI is InChI=1S/C10H8ClNO4/c1-2-4-3-5-7(8(13)6(4)11)12-9(16-5)10(14)15/h3,13H,2H2,1H3,(H,14,15). The number of hydrogen-bond acceptors (Lipinski definition) is 4. The molecule has 1 heterocycles. The lowest BCUT2D eigenvalue weighted by atomic mass is 10.1. The average Bonchev–Trinajstić information content (AvgIpc) is 2.67. The largest absolute Gasteiger partial charge is 0.504 e. The maximum absolute atomic E-state index is 10.7. The van der Waals surface area contributed by atoms with Gasteiger partial charge in [0.05, 0.1) is 5.02 Å². The smallest absolute Gasteiger partial charge is 0.392 e. The number of carboxylic acids is 1. The van der Waals surface area contributed by atoms with Crippen molar-refractivity contribution in [2.75, 3.05) is 0 Å². The van der Waals surface area contributed by atoms with Crippen LogP contribution in [0.15, 0.2) is 10.5 Å². The highest BCUT2D eigenvalue weighted by Crippen LogP contribution is 2.35. The van der Waals surface area contributed by atoms with Crippen molar-refractivity contribution in [1.82, 2.24) is 4.98 Å². The van der Waals surface area contributed by atoms with E-state index >= 15 is 0 Å². The summed E-state index contributed by atoms with van der Waals surface area (Å²) in [6, 6.07) is 1.58. The average molecular weight is 242 g/mol. The van der Waals surface area contributed by atoms with E-state index in [0.29, 0.717) is 12.0 Å². The Hall–Kier alpha value is -1.75. The Morgan fingerprint density at radius 2 is 2.31 bits per heavy atom. The van der Waals surface area contributed by atoms with E-state index in [9.17, 15) is 9.90 Å². The van der Waals surface area contributed by atoms with E-state index in [0.717, 1.165) is 0 Å². The Morgan fingerprint density at radius 3 is 2.88 bits per heavy atom. The minimum absolute atomic E-state index is 0.0691. The van der Waals surface area contributed by atoms with Gasteiger partial charge in [0.25, 0.3) is 0 Å². The number of rotatable bonds is 2. The predicted octanol–water partition coefficient (Wildman–Crippen LogP) is 2.45. The summed E-state index contributed by atoms with van der Waals surface area (Å²) >= 11 is 5.88. The molecule has 0 radical (unpaired) electrons. The number of aromatic carboxylic acids is 1. The Labute approximate surface area is 95.3 Å². The number of nitrogens with zero attached hydrogens (tertiary/aromatic N) is 1. The summed E-state index contributed by atoms with van der Waals surface area (Å²) in [6.07, 6.45) is 0.603. The zero-order valence-corrected chi connectivity index (χ0v) is 9.08. The molecule has 0 saturated carbocycles. The molecule has 0 fully saturated rings. The van der Waals surface area contributed by atoms with Gasteiger partial charge in [-0.05, 0) is 18.1 Å². The lowest BCUT2D eigenvalue weighted by molar-refractivity contribution is 0.0656. The van der Waals surface area contributed by atoms with Gasteiger partial charge >= 0.3 is 11.9 Å². The third-order valence-electron chi connectivity index (χ3n) is 2.24. The maximum atomic E-state index is 10.7. The molecular formula is C10H8ClNO4. The van der Waals surface area contributed by atoms with E-state index < -0.39 is 11.9 Å². The number of hydrogen-bond donors (Lipinski definition) is 2. The SMILES string of the molecule is CCc1cc2oc(C(=O)O)nc2c(O)c1Cl. The summed E-state index contributed by atoms with van der Waals surface area (Å²) in [4.78, 5) is 14.3. The summed E-state index contributed by atoms with van der Waals surface area (Å²) < 4.78 is 4.98. The molecule has 0 amide bonds. The van der Waals surface area contributed by atoms with Crippen LogP contribution in [0.5, 0.6) is 5.75 Å². The zero-order chi connectivity index (χ0) is 11.9. The van der Waals surface area contributed by atoms with E-state index in [-0.39, 0.29) is 21.9 Å². The maximum Gasteiger partial charge on any atom is 0.392 e. The molecule has 0 aliphatic heterocycles. The van der Waals surface area contributed by atoms with Gasteiger partial charge in [0.2, 0.25) is 0 Å². The number of fused-ring (bicyclic) bond motifs is 1. The normalized spacial score (nSPS) is 10.9. The summed E-state index contributed by atoms with van der Waals surface area (Å²) in [5.74, 6) is -1.99. The van der Waals surface area contributed by atoms with Crippen molar-refractivity contribution < 1.29 is 19.4 Å². The van der Waals surface area contributed by atoms with Crippen LogP contribution < -0.4 is 0 Å². The van der Waals surface area contributed by atoms with Crippen LogP contribution in [0.1, 0.15) is 23.2 Å². The number of phenolic OH excluding ortho intramolecular Hbond substituents is 1. The molecule has 1 aromatic carbocycles. The summed E-state index contributed by atoms with van der Waals surface area (Å²) in [6.45, 7) is 1.86. The Bertz CT molecular complexity index is 576. The number of oxazole rings is 1. The van der Waals surface area contributed by atoms with Crippen LogP contribution in [0.2, 0.25) is 5.02 Å². The van der Waals surface area contributed by atoms with E-state index in [4.69, 9.17) is 21.1 Å². The highest BCUT2D eigenvalue weighted by molar-refractivity contribution is 6.33. The van der Waals surface area contributed by atoms with Crippen LogP contribution in [-0.4, -0.2) is 21.2 Å². The molecule has 0 saturated heterocycles. The fourth-order valence-corrected chi connectivity index (χ4v) is 1.70. The molecular weight excluding hydrogens is 234 g/mol. The molecule has 16 heavy (non-hydrogen) atoms. The van der Waals surface area contributed by atoms with Gasteiger partial charge in [-0.1, -0.05) is 18.5 Å². The summed E-state index contributed by atoms with van der Waals surface area (Å²) in [5.41, 5.74) is 0.968. The number of aromatic hydroxyl groups is 1. The van der Waals surface area contributed by atoms with Crippen molar-refractivity contribution in [3.8, 4) is 5.75 Å². The van der Waals surface area contributed by atoms with Crippen LogP contribution >= 0.6 is 11.6 Å². The predicted molar refractivity (Wildman–Crippen MR) is 57.0 cm³/mol. The fraction of sp³-hybridized carbons (Fsp3) is 0.200. The second-order valence-corrected chi connectivity index (χ2v) is 3.60. The number of halogens is 1. The molecule has 2 N–H and O–H groups in total. The van der Waals surface area contributed by atoms with Gasteiger partial charge in [0.15, 0.2) is 16.8 Å². The van der Waals surface area contributed by atoms with Crippen LogP contribution in [0.3, 0.4) is 0 Å². The van der Waals surface area contributed by atoms with E-state index in [1.54, 1.807) is 6.07 Å². The molecule has 5 nitrogen and oxygen atoms in total. The van der Waals surface area contributed by atoms with Gasteiger partial charge in [-0.15, -0.1) is 0 Å². The molecule has 0 spiro atoms. The van der Waals surface area contributed by atoms with E-state index in [1.807, 2.05) is 6.92 Å². The third-order valence-corrected chi connectivity index (χ3v) is 2.66. The van der Waals surface area contributed by atoms with Gasteiger partial charge in [-0.25, -0.2) is 4.79 Å². The minimum atomic E-state index is -1.29. The van der Waals surface area contributed by atoms with Crippen molar-refractivity contribution in [2.24, 2.45) is 0 Å². The number of carboxylic acid groups (broad SMARTS) is 1. The third kappa shape index (κ3) is 1.49. The second-order valence-electron chi connectivity index (χ2n) is 3.22. The fourth-order valence-electron chi connectivity index (χ4n) is 1.43. The molecule has 6 heteroatoms. The van der Waals surface area contributed by atoms with Crippen molar-refractivity contribution in [2.45, 2.75) is 13.3 Å². The second kappa shape index (κ2) is 3.68. The Balaban J connectivity index is 2.77. The van der Waals surface area contributed by atoms with Crippen molar-refractivity contribution in [3.63, 3.8) is 0 Å². The number of carbonyl (C=O) groups is 1. The van der Waals surface area contributed by atoms with Crippen LogP contribution in [-0.2, 0) is 6.42 Å². The summed E-state index contributed by atoms with van der Waals surface area (Å²) in [7, 11) is 0. The minimum Gasteiger partial charge on any atom is -0.504 e. The monoisotopic (exact) mass is 241 g/mol. The molecule has 2 aromatic rings. The zero-order valence-electron chi connectivity index (χ0n) is 8.32. The first kappa shape index (κ1) is 10.8. The lowest BCUT2D eigenvalue weighted by Gasteiger charge is -2.02. The molecule has 0 bridgehead atoms. The quantitative estimate of drug-likeness (QED) is 0.844.